The second kappa shape index (κ2) is 10.1. The smallest absolute Gasteiger partial charge is 0.262 e. The van der Waals surface area contributed by atoms with Crippen LogP contribution in [0.3, 0.4) is 0 Å². The Morgan fingerprint density at radius 1 is 1.06 bits per heavy atom. The third-order valence-corrected chi connectivity index (χ3v) is 5.14. The maximum atomic E-state index is 13.1. The van der Waals surface area contributed by atoms with E-state index >= 15 is 0 Å². The highest BCUT2D eigenvalue weighted by Crippen LogP contribution is 2.34. The van der Waals surface area contributed by atoms with Crippen LogP contribution in [0.1, 0.15) is 23.6 Å². The number of methoxy groups -OCH3 is 3. The normalized spacial score (nSPS) is 15.4. The summed E-state index contributed by atoms with van der Waals surface area (Å²) in [6.07, 6.45) is 0.543. The van der Waals surface area contributed by atoms with Gasteiger partial charge in [-0.3, -0.25) is 9.59 Å². The largest absolute Gasteiger partial charge is 0.497 e. The van der Waals surface area contributed by atoms with E-state index in [1.165, 1.54) is 17.0 Å². The second-order valence-electron chi connectivity index (χ2n) is 7.19. The maximum absolute atomic E-state index is 13.1. The molecule has 0 spiro atoms. The van der Waals surface area contributed by atoms with Crippen LogP contribution in [0, 0.1) is 0 Å². The van der Waals surface area contributed by atoms with E-state index in [1.54, 1.807) is 21.3 Å². The molecular formula is C23H27N3O5. The summed E-state index contributed by atoms with van der Waals surface area (Å²) in [5.41, 5.74) is 2.59. The van der Waals surface area contributed by atoms with Crippen molar-refractivity contribution in [1.82, 2.24) is 9.91 Å². The molecule has 0 unspecified atom stereocenters. The Kier molecular flexibility index (Phi) is 7.25. The number of carbonyl (C=O) groups is 2. The fraction of sp³-hybridized carbons (Fsp3) is 0.348. The van der Waals surface area contributed by atoms with Crippen molar-refractivity contribution in [2.24, 2.45) is 5.10 Å². The lowest BCUT2D eigenvalue weighted by Crippen LogP contribution is -2.40. The number of benzene rings is 2. The van der Waals surface area contributed by atoms with Gasteiger partial charge in [-0.25, -0.2) is 5.01 Å². The molecule has 0 radical (unpaired) electrons. The van der Waals surface area contributed by atoms with Crippen LogP contribution in [0.2, 0.25) is 0 Å². The minimum atomic E-state index is -0.287. The van der Waals surface area contributed by atoms with Crippen molar-refractivity contribution in [2.75, 3.05) is 41.5 Å². The Morgan fingerprint density at radius 2 is 1.77 bits per heavy atom. The Hall–Kier alpha value is -3.39. The quantitative estimate of drug-likeness (QED) is 0.649. The average molecular weight is 425 g/mol. The summed E-state index contributed by atoms with van der Waals surface area (Å²) in [5.74, 6) is 0.910. The molecule has 2 aromatic carbocycles. The van der Waals surface area contributed by atoms with Crippen LogP contribution in [-0.4, -0.2) is 69.0 Å². The van der Waals surface area contributed by atoms with E-state index in [0.29, 0.717) is 6.42 Å². The predicted molar refractivity (Wildman–Crippen MR) is 116 cm³/mol. The molecule has 1 aliphatic heterocycles. The van der Waals surface area contributed by atoms with Crippen molar-refractivity contribution in [2.45, 2.75) is 12.5 Å². The van der Waals surface area contributed by atoms with Gasteiger partial charge in [0.2, 0.25) is 5.91 Å². The molecule has 0 saturated heterocycles. The van der Waals surface area contributed by atoms with Crippen LogP contribution in [0.25, 0.3) is 0 Å². The maximum Gasteiger partial charge on any atom is 0.262 e. The van der Waals surface area contributed by atoms with Gasteiger partial charge in [0.15, 0.2) is 0 Å². The van der Waals surface area contributed by atoms with Crippen LogP contribution in [0.5, 0.6) is 11.5 Å². The van der Waals surface area contributed by atoms with Crippen molar-refractivity contribution in [1.29, 1.82) is 0 Å². The lowest BCUT2D eigenvalue weighted by Gasteiger charge is -2.25. The third kappa shape index (κ3) is 5.21. The number of hydrogen-bond acceptors (Lipinski definition) is 6. The predicted octanol–water partition coefficient (Wildman–Crippen LogP) is 2.49. The van der Waals surface area contributed by atoms with Gasteiger partial charge in [-0.2, -0.15) is 5.10 Å². The average Bonchev–Trinajstić information content (AvgIpc) is 3.25. The molecule has 0 aromatic heterocycles. The van der Waals surface area contributed by atoms with Gasteiger partial charge >= 0.3 is 0 Å². The zero-order valence-corrected chi connectivity index (χ0v) is 18.2. The molecule has 0 fully saturated rings. The highest BCUT2D eigenvalue weighted by atomic mass is 16.5. The summed E-state index contributed by atoms with van der Waals surface area (Å²) < 4.78 is 15.4. The van der Waals surface area contributed by atoms with E-state index in [0.717, 1.165) is 28.3 Å². The summed E-state index contributed by atoms with van der Waals surface area (Å²) in [6.45, 7) is -0.173. The first-order chi connectivity index (χ1) is 15.0. The number of likely N-dealkylation sites (N-methyl/N-ethyl adjacent to an activating group) is 1. The van der Waals surface area contributed by atoms with Crippen molar-refractivity contribution in [3.05, 3.63) is 59.7 Å². The molecule has 8 nitrogen and oxygen atoms in total. The summed E-state index contributed by atoms with van der Waals surface area (Å²) in [6, 6.07) is 14.9. The van der Waals surface area contributed by atoms with Crippen LogP contribution in [0.4, 0.5) is 0 Å². The molecule has 31 heavy (non-hydrogen) atoms. The van der Waals surface area contributed by atoms with Crippen molar-refractivity contribution >= 4 is 17.5 Å². The van der Waals surface area contributed by atoms with Crippen LogP contribution in [0.15, 0.2) is 53.6 Å². The summed E-state index contributed by atoms with van der Waals surface area (Å²) in [7, 11) is 6.23. The lowest BCUT2D eigenvalue weighted by atomic mass is 9.98. The SMILES string of the molecule is COCC(=O)N(C)CC(=O)N1N=C(c2cccc(OC)c2)C[C@H]1c1ccc(OC)cc1. The van der Waals surface area contributed by atoms with Gasteiger partial charge in [0, 0.05) is 26.1 Å². The van der Waals surface area contributed by atoms with Gasteiger partial charge < -0.3 is 19.1 Å². The number of ether oxygens (including phenoxy) is 3. The Labute approximate surface area is 182 Å². The Balaban J connectivity index is 1.89. The fourth-order valence-corrected chi connectivity index (χ4v) is 3.40. The minimum Gasteiger partial charge on any atom is -0.497 e. The van der Waals surface area contributed by atoms with Crippen molar-refractivity contribution < 1.29 is 23.8 Å². The first kappa shape index (κ1) is 22.3. The van der Waals surface area contributed by atoms with Gasteiger partial charge in [0.1, 0.15) is 24.7 Å². The third-order valence-electron chi connectivity index (χ3n) is 5.14. The Bertz CT molecular complexity index is 958. The summed E-state index contributed by atoms with van der Waals surface area (Å²) in [5, 5.41) is 6.10. The monoisotopic (exact) mass is 425 g/mol. The van der Waals surface area contributed by atoms with Crippen molar-refractivity contribution in [3.63, 3.8) is 0 Å². The number of hydrogen-bond donors (Lipinski definition) is 0. The van der Waals surface area contributed by atoms with Gasteiger partial charge in [-0.05, 0) is 29.8 Å². The van der Waals surface area contributed by atoms with Gasteiger partial charge in [0.05, 0.1) is 26.0 Å². The molecule has 2 amide bonds. The van der Waals surface area contributed by atoms with E-state index in [4.69, 9.17) is 14.2 Å². The second-order valence-corrected chi connectivity index (χ2v) is 7.19. The van der Waals surface area contributed by atoms with E-state index in [9.17, 15) is 9.59 Å². The van der Waals surface area contributed by atoms with Gasteiger partial charge in [0.25, 0.3) is 5.91 Å². The van der Waals surface area contributed by atoms with Crippen LogP contribution in [-0.2, 0) is 14.3 Å². The molecule has 1 aliphatic rings. The molecule has 3 rings (SSSR count). The van der Waals surface area contributed by atoms with Gasteiger partial charge in [-0.15, -0.1) is 0 Å². The molecule has 0 saturated carbocycles. The molecule has 0 bridgehead atoms. The Morgan fingerprint density at radius 3 is 2.42 bits per heavy atom. The molecular weight excluding hydrogens is 398 g/mol. The minimum absolute atomic E-state index is 0.0793. The number of carbonyl (C=O) groups excluding carboxylic acids is 2. The first-order valence-electron chi connectivity index (χ1n) is 9.87. The van der Waals surface area contributed by atoms with Crippen LogP contribution < -0.4 is 9.47 Å². The lowest BCUT2D eigenvalue weighted by molar-refractivity contribution is -0.142. The summed E-state index contributed by atoms with van der Waals surface area (Å²) >= 11 is 0. The molecule has 164 valence electrons. The highest BCUT2D eigenvalue weighted by Gasteiger charge is 2.34. The number of hydrazone groups is 1. The zero-order valence-electron chi connectivity index (χ0n) is 18.2. The number of rotatable bonds is 8. The molecule has 8 heteroatoms. The van der Waals surface area contributed by atoms with Crippen LogP contribution >= 0.6 is 0 Å². The first-order valence-corrected chi connectivity index (χ1v) is 9.87. The molecule has 0 N–H and O–H groups in total. The standard InChI is InChI=1S/C23H27N3O5/c1-25(23(28)15-29-2)14-22(27)26-21(16-8-10-18(30-3)11-9-16)13-20(24-26)17-6-5-7-19(12-17)31-4/h5-12,21H,13-15H2,1-4H3/t21-/m0/s1. The number of nitrogens with zero attached hydrogens (tertiary/aromatic N) is 3. The molecule has 0 aliphatic carbocycles. The molecule has 1 atom stereocenters. The van der Waals surface area contributed by atoms with E-state index in [1.807, 2.05) is 48.5 Å². The topological polar surface area (TPSA) is 80.7 Å². The van der Waals surface area contributed by atoms with Gasteiger partial charge in [-0.1, -0.05) is 24.3 Å². The van der Waals surface area contributed by atoms with E-state index in [2.05, 4.69) is 5.10 Å². The fourth-order valence-electron chi connectivity index (χ4n) is 3.40. The van der Waals surface area contributed by atoms with E-state index in [-0.39, 0.29) is 31.0 Å². The number of amides is 2. The van der Waals surface area contributed by atoms with Crippen molar-refractivity contribution in [3.8, 4) is 11.5 Å². The highest BCUT2D eigenvalue weighted by molar-refractivity contribution is 6.03. The summed E-state index contributed by atoms with van der Waals surface area (Å²) in [4.78, 5) is 26.5. The zero-order chi connectivity index (χ0) is 22.4. The molecule has 1 heterocycles. The molecule has 2 aromatic rings. The van der Waals surface area contributed by atoms with E-state index < -0.39 is 0 Å².